The number of thioether (sulfide) groups is 2. The molecule has 0 fully saturated rings. The molecule has 0 spiro atoms. The van der Waals surface area contributed by atoms with E-state index in [4.69, 9.17) is 0 Å². The molecule has 0 aliphatic rings. The highest BCUT2D eigenvalue weighted by atomic mass is 32.2. The van der Waals surface area contributed by atoms with Crippen molar-refractivity contribution in [1.82, 2.24) is 0 Å². The molecule has 0 unspecified atom stereocenters. The smallest absolute Gasteiger partial charge is 0.261 e. The summed E-state index contributed by atoms with van der Waals surface area (Å²) in [5.41, 5.74) is 2.68. The van der Waals surface area contributed by atoms with Crippen molar-refractivity contribution >= 4 is 39.2 Å². The molecule has 140 valence electrons. The van der Waals surface area contributed by atoms with Gasteiger partial charge in [0, 0.05) is 15.5 Å². The highest BCUT2D eigenvalue weighted by molar-refractivity contribution is 7.98. The lowest BCUT2D eigenvalue weighted by atomic mass is 10.1. The van der Waals surface area contributed by atoms with E-state index in [0.717, 1.165) is 21.8 Å². The number of rotatable bonds is 7. The largest absolute Gasteiger partial charge is 0.279 e. The molecule has 0 atom stereocenters. The average Bonchev–Trinajstić information content (AvgIpc) is 2.69. The van der Waals surface area contributed by atoms with E-state index in [1.165, 1.54) is 4.90 Å². The monoisotopic (exact) mass is 415 g/mol. The molecule has 0 aliphatic heterocycles. The third-order valence-corrected chi connectivity index (χ3v) is 7.26. The van der Waals surface area contributed by atoms with Gasteiger partial charge in [-0.15, -0.1) is 23.5 Å². The van der Waals surface area contributed by atoms with Crippen LogP contribution in [0.4, 0.5) is 5.69 Å². The Morgan fingerprint density at radius 2 is 1.59 bits per heavy atom. The van der Waals surface area contributed by atoms with Crippen LogP contribution in [0, 0.1) is 6.92 Å². The van der Waals surface area contributed by atoms with Crippen molar-refractivity contribution < 1.29 is 8.42 Å². The van der Waals surface area contributed by atoms with E-state index in [-0.39, 0.29) is 4.90 Å². The Hall–Kier alpha value is -1.89. The standard InChI is InChI=1S/C21H21NO2S3/c1-16-14-17(15-26-19-6-4-3-5-7-19)8-13-21(16)22-27(23,24)20-11-9-18(25-2)10-12-20/h3-14,22H,15H2,1-2H3. The minimum absolute atomic E-state index is 0.267. The Morgan fingerprint density at radius 3 is 2.22 bits per heavy atom. The van der Waals surface area contributed by atoms with Crippen LogP contribution in [-0.4, -0.2) is 14.7 Å². The highest BCUT2D eigenvalue weighted by Gasteiger charge is 2.15. The van der Waals surface area contributed by atoms with Crippen LogP contribution < -0.4 is 4.72 Å². The quantitative estimate of drug-likeness (QED) is 0.495. The van der Waals surface area contributed by atoms with Crippen molar-refractivity contribution in [1.29, 1.82) is 0 Å². The second-order valence-corrected chi connectivity index (χ2v) is 9.64. The maximum atomic E-state index is 12.6. The van der Waals surface area contributed by atoms with E-state index >= 15 is 0 Å². The van der Waals surface area contributed by atoms with Crippen molar-refractivity contribution in [3.63, 3.8) is 0 Å². The molecule has 3 rings (SSSR count). The lowest BCUT2D eigenvalue weighted by Crippen LogP contribution is -2.13. The van der Waals surface area contributed by atoms with Crippen LogP contribution in [0.1, 0.15) is 11.1 Å². The summed E-state index contributed by atoms with van der Waals surface area (Å²) in [5, 5.41) is 0. The van der Waals surface area contributed by atoms with Crippen molar-refractivity contribution in [3.05, 3.63) is 83.9 Å². The third kappa shape index (κ3) is 5.31. The van der Waals surface area contributed by atoms with E-state index in [0.29, 0.717) is 5.69 Å². The Kier molecular flexibility index (Phi) is 6.52. The molecule has 1 N–H and O–H groups in total. The van der Waals surface area contributed by atoms with Crippen LogP contribution in [-0.2, 0) is 15.8 Å². The van der Waals surface area contributed by atoms with Crippen molar-refractivity contribution in [2.75, 3.05) is 11.0 Å². The summed E-state index contributed by atoms with van der Waals surface area (Å²) in [6.07, 6.45) is 1.96. The SMILES string of the molecule is CSc1ccc(S(=O)(=O)Nc2ccc(CSc3ccccc3)cc2C)cc1. The molecule has 0 aliphatic carbocycles. The summed E-state index contributed by atoms with van der Waals surface area (Å²) in [5.74, 6) is 0.841. The fraction of sp³-hybridized carbons (Fsp3) is 0.143. The van der Waals surface area contributed by atoms with Gasteiger partial charge in [-0.25, -0.2) is 8.42 Å². The first-order chi connectivity index (χ1) is 13.0. The first-order valence-corrected chi connectivity index (χ1v) is 12.1. The molecule has 0 saturated carbocycles. The van der Waals surface area contributed by atoms with Crippen molar-refractivity contribution in [3.8, 4) is 0 Å². The number of benzene rings is 3. The molecule has 3 aromatic carbocycles. The van der Waals surface area contributed by atoms with Crippen LogP contribution in [0.25, 0.3) is 0 Å². The Balaban J connectivity index is 1.71. The molecule has 3 aromatic rings. The van der Waals surface area contributed by atoms with Gasteiger partial charge in [-0.3, -0.25) is 4.72 Å². The van der Waals surface area contributed by atoms with E-state index in [9.17, 15) is 8.42 Å². The summed E-state index contributed by atoms with van der Waals surface area (Å²) in [7, 11) is -3.59. The molecule has 0 amide bonds. The Morgan fingerprint density at radius 1 is 0.889 bits per heavy atom. The fourth-order valence-corrected chi connectivity index (χ4v) is 4.97. The maximum Gasteiger partial charge on any atom is 0.261 e. The van der Waals surface area contributed by atoms with Crippen LogP contribution in [0.15, 0.2) is 87.5 Å². The molecule has 27 heavy (non-hydrogen) atoms. The van der Waals surface area contributed by atoms with Crippen LogP contribution in [0.3, 0.4) is 0 Å². The first-order valence-electron chi connectivity index (χ1n) is 8.42. The van der Waals surface area contributed by atoms with Gasteiger partial charge in [0.2, 0.25) is 0 Å². The number of nitrogens with one attached hydrogen (secondary N) is 1. The summed E-state index contributed by atoms with van der Waals surface area (Å²) < 4.78 is 28.0. The average molecular weight is 416 g/mol. The minimum atomic E-state index is -3.59. The van der Waals surface area contributed by atoms with E-state index in [2.05, 4.69) is 16.9 Å². The Bertz CT molecular complexity index is 1000. The van der Waals surface area contributed by atoms with Crippen LogP contribution in [0.5, 0.6) is 0 Å². The van der Waals surface area contributed by atoms with Crippen LogP contribution >= 0.6 is 23.5 Å². The third-order valence-electron chi connectivity index (χ3n) is 4.05. The topological polar surface area (TPSA) is 46.2 Å². The predicted molar refractivity (Wildman–Crippen MR) is 116 cm³/mol. The van der Waals surface area contributed by atoms with Gasteiger partial charge in [-0.2, -0.15) is 0 Å². The number of sulfonamides is 1. The summed E-state index contributed by atoms with van der Waals surface area (Å²) in [6, 6.07) is 23.0. The van der Waals surface area contributed by atoms with E-state index < -0.39 is 10.0 Å². The van der Waals surface area contributed by atoms with Gasteiger partial charge in [0.15, 0.2) is 0 Å². The number of anilines is 1. The normalized spacial score (nSPS) is 11.3. The number of hydrogen-bond acceptors (Lipinski definition) is 4. The molecule has 0 saturated heterocycles. The minimum Gasteiger partial charge on any atom is -0.279 e. The van der Waals surface area contributed by atoms with Gasteiger partial charge in [-0.05, 0) is 66.8 Å². The zero-order chi connectivity index (χ0) is 19.3. The second kappa shape index (κ2) is 8.87. The molecule has 0 heterocycles. The van der Waals surface area contributed by atoms with Gasteiger partial charge in [0.1, 0.15) is 0 Å². The zero-order valence-electron chi connectivity index (χ0n) is 15.2. The summed E-state index contributed by atoms with van der Waals surface area (Å²) in [6.45, 7) is 1.92. The molecular weight excluding hydrogens is 394 g/mol. The lowest BCUT2D eigenvalue weighted by Gasteiger charge is -2.12. The number of aryl methyl sites for hydroxylation is 1. The zero-order valence-corrected chi connectivity index (χ0v) is 17.6. The van der Waals surface area contributed by atoms with Crippen molar-refractivity contribution in [2.45, 2.75) is 27.4 Å². The number of hydrogen-bond donors (Lipinski definition) is 1. The first kappa shape index (κ1) is 19.9. The van der Waals surface area contributed by atoms with Gasteiger partial charge in [0.05, 0.1) is 10.6 Å². The predicted octanol–water partition coefficient (Wildman–Crippen LogP) is 5.81. The fourth-order valence-electron chi connectivity index (χ4n) is 2.57. The van der Waals surface area contributed by atoms with Gasteiger partial charge in [-0.1, -0.05) is 30.3 Å². The second-order valence-electron chi connectivity index (χ2n) is 6.03. The van der Waals surface area contributed by atoms with Gasteiger partial charge < -0.3 is 0 Å². The Labute approximate surface area is 169 Å². The summed E-state index contributed by atoms with van der Waals surface area (Å²) >= 11 is 3.34. The van der Waals surface area contributed by atoms with Crippen LogP contribution in [0.2, 0.25) is 0 Å². The summed E-state index contributed by atoms with van der Waals surface area (Å²) in [4.78, 5) is 2.52. The molecular formula is C21H21NO2S3. The molecule has 6 heteroatoms. The van der Waals surface area contributed by atoms with Crippen molar-refractivity contribution in [2.24, 2.45) is 0 Å². The maximum absolute atomic E-state index is 12.6. The molecule has 0 bridgehead atoms. The highest BCUT2D eigenvalue weighted by Crippen LogP contribution is 2.26. The lowest BCUT2D eigenvalue weighted by molar-refractivity contribution is 0.601. The van der Waals surface area contributed by atoms with E-state index in [1.54, 1.807) is 35.7 Å². The van der Waals surface area contributed by atoms with Gasteiger partial charge in [0.25, 0.3) is 10.0 Å². The molecule has 3 nitrogen and oxygen atoms in total. The molecule has 0 radical (unpaired) electrons. The molecule has 0 aromatic heterocycles. The van der Waals surface area contributed by atoms with Gasteiger partial charge >= 0.3 is 0 Å². The van der Waals surface area contributed by atoms with E-state index in [1.807, 2.05) is 61.7 Å².